The number of hydrazine groups is 1. The highest BCUT2D eigenvalue weighted by molar-refractivity contribution is 5.29. The molecular formula is C15H23FN2O. The first-order chi connectivity index (χ1) is 9.20. The van der Waals surface area contributed by atoms with E-state index in [1.807, 2.05) is 13.0 Å². The van der Waals surface area contributed by atoms with Crippen molar-refractivity contribution in [1.29, 1.82) is 0 Å². The normalized spacial score (nSPS) is 21.3. The highest BCUT2D eigenvalue weighted by Crippen LogP contribution is 2.25. The fraction of sp³-hybridized carbons (Fsp3) is 0.600. The van der Waals surface area contributed by atoms with Crippen LogP contribution in [0.1, 0.15) is 49.3 Å². The van der Waals surface area contributed by atoms with E-state index in [0.29, 0.717) is 6.10 Å². The Hall–Kier alpha value is -0.970. The average molecular weight is 266 g/mol. The van der Waals surface area contributed by atoms with Gasteiger partial charge in [-0.05, 0) is 62.3 Å². The standard InChI is InChI=1S/C15H23FN2O/c1-11-10-12(16)5-7-14(11)15(18-17)8-6-13-4-2-3-9-19-13/h5,7,10,13,15,18H,2-4,6,8-9,17H2,1H3. The van der Waals surface area contributed by atoms with E-state index < -0.39 is 0 Å². The van der Waals surface area contributed by atoms with Crippen LogP contribution in [0.4, 0.5) is 4.39 Å². The molecule has 0 aliphatic carbocycles. The molecule has 1 fully saturated rings. The second-order valence-corrected chi connectivity index (χ2v) is 5.29. The van der Waals surface area contributed by atoms with Gasteiger partial charge in [-0.2, -0.15) is 0 Å². The summed E-state index contributed by atoms with van der Waals surface area (Å²) < 4.78 is 18.8. The maximum Gasteiger partial charge on any atom is 0.123 e. The van der Waals surface area contributed by atoms with Gasteiger partial charge in [0, 0.05) is 12.6 Å². The molecule has 1 aliphatic rings. The van der Waals surface area contributed by atoms with Gasteiger partial charge in [0.25, 0.3) is 0 Å². The number of aryl methyl sites for hydroxylation is 1. The summed E-state index contributed by atoms with van der Waals surface area (Å²) in [6.07, 6.45) is 5.82. The van der Waals surface area contributed by atoms with E-state index in [9.17, 15) is 4.39 Å². The number of ether oxygens (including phenoxy) is 1. The number of hydrogen-bond acceptors (Lipinski definition) is 3. The van der Waals surface area contributed by atoms with E-state index in [1.54, 1.807) is 6.07 Å². The summed E-state index contributed by atoms with van der Waals surface area (Å²) in [6.45, 7) is 2.79. The van der Waals surface area contributed by atoms with Gasteiger partial charge in [0.1, 0.15) is 5.82 Å². The van der Waals surface area contributed by atoms with E-state index in [-0.39, 0.29) is 11.9 Å². The second kappa shape index (κ2) is 6.98. The third kappa shape index (κ3) is 4.00. The van der Waals surface area contributed by atoms with Crippen molar-refractivity contribution in [3.63, 3.8) is 0 Å². The summed E-state index contributed by atoms with van der Waals surface area (Å²) in [6, 6.07) is 4.92. The molecular weight excluding hydrogens is 243 g/mol. The van der Waals surface area contributed by atoms with Gasteiger partial charge in [0.05, 0.1) is 6.10 Å². The molecule has 1 aliphatic heterocycles. The lowest BCUT2D eigenvalue weighted by Crippen LogP contribution is -2.30. The minimum atomic E-state index is -0.201. The number of nitrogens with two attached hydrogens (primary N) is 1. The van der Waals surface area contributed by atoms with Gasteiger partial charge in [0.15, 0.2) is 0 Å². The molecule has 4 heteroatoms. The maximum absolute atomic E-state index is 13.1. The molecule has 0 aromatic heterocycles. The highest BCUT2D eigenvalue weighted by atomic mass is 19.1. The Morgan fingerprint density at radius 2 is 2.32 bits per heavy atom. The number of hydrogen-bond donors (Lipinski definition) is 2. The van der Waals surface area contributed by atoms with Crippen molar-refractivity contribution in [3.05, 3.63) is 35.1 Å². The first-order valence-electron chi connectivity index (χ1n) is 7.04. The third-order valence-electron chi connectivity index (χ3n) is 3.86. The molecule has 1 saturated heterocycles. The Morgan fingerprint density at radius 1 is 1.47 bits per heavy atom. The van der Waals surface area contributed by atoms with Crippen LogP contribution in [-0.4, -0.2) is 12.7 Å². The van der Waals surface area contributed by atoms with Crippen molar-refractivity contribution in [2.24, 2.45) is 5.84 Å². The van der Waals surface area contributed by atoms with Crippen LogP contribution in [0.5, 0.6) is 0 Å². The van der Waals surface area contributed by atoms with Crippen molar-refractivity contribution in [3.8, 4) is 0 Å². The molecule has 0 radical (unpaired) electrons. The number of nitrogens with one attached hydrogen (secondary N) is 1. The lowest BCUT2D eigenvalue weighted by Gasteiger charge is -2.25. The summed E-state index contributed by atoms with van der Waals surface area (Å²) in [5, 5.41) is 0. The molecule has 2 rings (SSSR count). The fourth-order valence-electron chi connectivity index (χ4n) is 2.75. The van der Waals surface area contributed by atoms with Crippen LogP contribution in [0.15, 0.2) is 18.2 Å². The van der Waals surface area contributed by atoms with Crippen molar-refractivity contribution >= 4 is 0 Å². The Morgan fingerprint density at radius 3 is 2.95 bits per heavy atom. The largest absolute Gasteiger partial charge is 0.378 e. The Labute approximate surface area is 114 Å². The van der Waals surface area contributed by atoms with Crippen LogP contribution in [0, 0.1) is 12.7 Å². The highest BCUT2D eigenvalue weighted by Gasteiger charge is 2.18. The van der Waals surface area contributed by atoms with Crippen molar-refractivity contribution < 1.29 is 9.13 Å². The van der Waals surface area contributed by atoms with Gasteiger partial charge in [0.2, 0.25) is 0 Å². The third-order valence-corrected chi connectivity index (χ3v) is 3.86. The summed E-state index contributed by atoms with van der Waals surface area (Å²) in [7, 11) is 0. The maximum atomic E-state index is 13.1. The quantitative estimate of drug-likeness (QED) is 0.636. The summed E-state index contributed by atoms with van der Waals surface area (Å²) in [5.74, 6) is 5.44. The molecule has 3 nitrogen and oxygen atoms in total. The molecule has 0 bridgehead atoms. The summed E-state index contributed by atoms with van der Waals surface area (Å²) in [5.41, 5.74) is 4.85. The van der Waals surface area contributed by atoms with Crippen LogP contribution in [-0.2, 0) is 4.74 Å². The monoisotopic (exact) mass is 266 g/mol. The van der Waals surface area contributed by atoms with E-state index in [4.69, 9.17) is 10.6 Å². The van der Waals surface area contributed by atoms with E-state index >= 15 is 0 Å². The molecule has 0 amide bonds. The molecule has 1 heterocycles. The van der Waals surface area contributed by atoms with Crippen molar-refractivity contribution in [1.82, 2.24) is 5.43 Å². The zero-order valence-electron chi connectivity index (χ0n) is 11.5. The molecule has 1 aromatic carbocycles. The number of rotatable bonds is 5. The van der Waals surface area contributed by atoms with Crippen LogP contribution in [0.25, 0.3) is 0 Å². The van der Waals surface area contributed by atoms with Crippen molar-refractivity contribution in [2.75, 3.05) is 6.61 Å². The van der Waals surface area contributed by atoms with E-state index in [0.717, 1.165) is 37.0 Å². The molecule has 0 saturated carbocycles. The molecule has 2 unspecified atom stereocenters. The second-order valence-electron chi connectivity index (χ2n) is 5.29. The van der Waals surface area contributed by atoms with Gasteiger partial charge in [-0.1, -0.05) is 6.07 Å². The van der Waals surface area contributed by atoms with Crippen molar-refractivity contribution in [2.45, 2.75) is 51.2 Å². The summed E-state index contributed by atoms with van der Waals surface area (Å²) in [4.78, 5) is 0. The molecule has 1 aromatic rings. The minimum absolute atomic E-state index is 0.0612. The van der Waals surface area contributed by atoms with Gasteiger partial charge in [-0.15, -0.1) is 0 Å². The number of halogens is 1. The molecule has 0 spiro atoms. The summed E-state index contributed by atoms with van der Waals surface area (Å²) >= 11 is 0. The molecule has 106 valence electrons. The number of benzene rings is 1. The SMILES string of the molecule is Cc1cc(F)ccc1C(CCC1CCCCO1)NN. The van der Waals surface area contributed by atoms with Gasteiger partial charge < -0.3 is 4.74 Å². The first-order valence-corrected chi connectivity index (χ1v) is 7.04. The van der Waals surface area contributed by atoms with Crippen LogP contribution in [0.3, 0.4) is 0 Å². The lowest BCUT2D eigenvalue weighted by atomic mass is 9.95. The van der Waals surface area contributed by atoms with E-state index in [2.05, 4.69) is 5.43 Å². The molecule has 2 atom stereocenters. The predicted molar refractivity (Wildman–Crippen MR) is 74.0 cm³/mol. The zero-order valence-corrected chi connectivity index (χ0v) is 11.5. The average Bonchev–Trinajstić information content (AvgIpc) is 2.42. The Bertz CT molecular complexity index is 405. The van der Waals surface area contributed by atoms with Crippen LogP contribution in [0.2, 0.25) is 0 Å². The Balaban J connectivity index is 1.95. The molecule has 19 heavy (non-hydrogen) atoms. The zero-order chi connectivity index (χ0) is 13.7. The Kier molecular flexibility index (Phi) is 5.31. The van der Waals surface area contributed by atoms with Crippen LogP contribution < -0.4 is 11.3 Å². The van der Waals surface area contributed by atoms with Gasteiger partial charge >= 0.3 is 0 Å². The molecule has 3 N–H and O–H groups in total. The van der Waals surface area contributed by atoms with Gasteiger partial charge in [-0.25, -0.2) is 4.39 Å². The topological polar surface area (TPSA) is 47.3 Å². The van der Waals surface area contributed by atoms with Crippen LogP contribution >= 0.6 is 0 Å². The smallest absolute Gasteiger partial charge is 0.123 e. The fourth-order valence-corrected chi connectivity index (χ4v) is 2.75. The predicted octanol–water partition coefficient (Wildman–Crippen LogP) is 2.99. The first kappa shape index (κ1) is 14.4. The van der Waals surface area contributed by atoms with Gasteiger partial charge in [-0.3, -0.25) is 11.3 Å². The lowest BCUT2D eigenvalue weighted by molar-refractivity contribution is 0.00853. The minimum Gasteiger partial charge on any atom is -0.378 e. The van der Waals surface area contributed by atoms with E-state index in [1.165, 1.54) is 18.9 Å².